The van der Waals surface area contributed by atoms with Crippen molar-refractivity contribution in [2.75, 3.05) is 5.33 Å². The minimum absolute atomic E-state index is 0.0180. The van der Waals surface area contributed by atoms with E-state index in [1.54, 1.807) is 22.8 Å². The molecule has 0 fully saturated rings. The highest BCUT2D eigenvalue weighted by molar-refractivity contribution is 9.09. The Morgan fingerprint density at radius 3 is 0.985 bits per heavy atom. The van der Waals surface area contributed by atoms with Gasteiger partial charge in [-0.2, -0.15) is 4.57 Å². The number of ketones is 2. The molecule has 25 heteroatoms. The average Bonchev–Trinajstić information content (AvgIpc) is 3.34. The van der Waals surface area contributed by atoms with Crippen LogP contribution in [0.3, 0.4) is 0 Å². The van der Waals surface area contributed by atoms with Gasteiger partial charge in [-0.1, -0.05) is 58.4 Å². The molecule has 0 unspecified atom stereocenters. The SMILES string of the molecule is Fc1c(F)c(F)c([B-](c2c(F)c(F)c(F)c(F)c2F)(c2c(F)c(F)c(F)c(F)c2F)c2c(F)c(F)c(F)c(F)c2F)c(F)c1F.O=C(C[n+]1c(C(=O)CBr)ccc2ccccc21)c1ccccc1. The Hall–Kier alpha value is -6.79. The molecule has 3 nitrogen and oxygen atoms in total. The second kappa shape index (κ2) is 19.1. The number of hydrogen-bond acceptors (Lipinski definition) is 2. The minimum Gasteiger partial charge on any atom is -0.287 e. The van der Waals surface area contributed by atoms with Crippen LogP contribution < -0.4 is 26.4 Å². The maximum Gasteiger partial charge on any atom is 0.250 e. The predicted molar refractivity (Wildman–Crippen MR) is 202 cm³/mol. The summed E-state index contributed by atoms with van der Waals surface area (Å²) in [7, 11) is 0. The van der Waals surface area contributed by atoms with Crippen molar-refractivity contribution < 1.29 is 102 Å². The summed E-state index contributed by atoms with van der Waals surface area (Å²) in [6.07, 6.45) is -7.22. The van der Waals surface area contributed by atoms with Gasteiger partial charge in [-0.05, 0) is 12.1 Å². The van der Waals surface area contributed by atoms with Crippen molar-refractivity contribution in [2.24, 2.45) is 0 Å². The van der Waals surface area contributed by atoms with Gasteiger partial charge in [0.15, 0.2) is 69.8 Å². The zero-order valence-corrected chi connectivity index (χ0v) is 34.1. The average molecular weight is 1050 g/mol. The third-order valence-electron chi connectivity index (χ3n) is 10.5. The van der Waals surface area contributed by atoms with Gasteiger partial charge in [0, 0.05) is 23.1 Å². The standard InChI is InChI=1S/C24BF20.C19H15BrNO2/c26-5-1(6(27)14(35)21(42)13(5)34)25(2-7(28)15(36)22(43)16(37)8(2)29,3-9(30)17(38)23(44)18(39)10(3)31)4-11(32)19(40)24(45)20(41)12(4)33;20-12-18(22)17-11-10-14-6-4-5-9-16(14)21(17)13-19(23)15-7-2-1-3-8-15/h;1-11H,12-13H2/q-1;+1. The van der Waals surface area contributed by atoms with Gasteiger partial charge in [-0.15, -0.1) is 21.9 Å². The van der Waals surface area contributed by atoms with Crippen LogP contribution in [-0.4, -0.2) is 23.0 Å². The van der Waals surface area contributed by atoms with Crippen molar-refractivity contribution >= 4 is 66.4 Å². The lowest BCUT2D eigenvalue weighted by Crippen LogP contribution is -2.81. The van der Waals surface area contributed by atoms with Crippen molar-refractivity contribution in [3.8, 4) is 0 Å². The lowest BCUT2D eigenvalue weighted by molar-refractivity contribution is -0.658. The first-order valence-corrected chi connectivity index (χ1v) is 19.4. The first-order chi connectivity index (χ1) is 31.9. The third-order valence-corrected chi connectivity index (χ3v) is 11.0. The van der Waals surface area contributed by atoms with Gasteiger partial charge in [-0.25, -0.2) is 87.8 Å². The molecule has 0 aliphatic rings. The molecule has 1 heterocycles. The topological polar surface area (TPSA) is 38.0 Å². The van der Waals surface area contributed by atoms with Crippen LogP contribution in [0.25, 0.3) is 10.9 Å². The van der Waals surface area contributed by atoms with Gasteiger partial charge in [0.2, 0.25) is 29.3 Å². The molecular weight excluding hydrogens is 1030 g/mol. The molecule has 354 valence electrons. The summed E-state index contributed by atoms with van der Waals surface area (Å²) in [5.74, 6) is -71.5. The molecule has 68 heavy (non-hydrogen) atoms. The van der Waals surface area contributed by atoms with Crippen LogP contribution in [0, 0.1) is 116 Å². The van der Waals surface area contributed by atoms with Crippen LogP contribution >= 0.6 is 15.9 Å². The van der Waals surface area contributed by atoms with Crippen molar-refractivity contribution in [1.29, 1.82) is 0 Å². The number of benzene rings is 6. The molecule has 0 aliphatic carbocycles. The number of alkyl halides is 1. The summed E-state index contributed by atoms with van der Waals surface area (Å²) in [5, 5.41) is 1.23. The highest BCUT2D eigenvalue weighted by Crippen LogP contribution is 2.31. The van der Waals surface area contributed by atoms with E-state index in [1.807, 2.05) is 48.5 Å². The molecule has 0 radical (unpaired) electrons. The van der Waals surface area contributed by atoms with Gasteiger partial charge in [-0.3, -0.25) is 9.59 Å². The van der Waals surface area contributed by atoms with E-state index in [9.17, 15) is 62.3 Å². The van der Waals surface area contributed by atoms with E-state index in [4.69, 9.17) is 0 Å². The quantitative estimate of drug-likeness (QED) is 0.0275. The van der Waals surface area contributed by atoms with E-state index >= 15 is 35.1 Å². The summed E-state index contributed by atoms with van der Waals surface area (Å²) in [6, 6.07) is 20.6. The van der Waals surface area contributed by atoms with E-state index < -0.39 is 144 Å². The maximum absolute atomic E-state index is 15.4. The lowest BCUT2D eigenvalue weighted by Gasteiger charge is -2.44. The molecule has 0 aliphatic heterocycles. The molecule has 7 aromatic rings. The van der Waals surface area contributed by atoms with Gasteiger partial charge in [0.05, 0.1) is 5.33 Å². The fourth-order valence-corrected chi connectivity index (χ4v) is 7.77. The molecule has 0 saturated carbocycles. The summed E-state index contributed by atoms with van der Waals surface area (Å²) in [4.78, 5) is 24.8. The van der Waals surface area contributed by atoms with Gasteiger partial charge in [0.25, 0.3) is 0 Å². The van der Waals surface area contributed by atoms with Gasteiger partial charge >= 0.3 is 0 Å². The number of halogens is 21. The van der Waals surface area contributed by atoms with Crippen LogP contribution in [0.1, 0.15) is 20.8 Å². The van der Waals surface area contributed by atoms with Crippen LogP contribution in [0.2, 0.25) is 0 Å². The zero-order chi connectivity index (χ0) is 50.6. The van der Waals surface area contributed by atoms with E-state index in [2.05, 4.69) is 15.9 Å². The summed E-state index contributed by atoms with van der Waals surface area (Å²) >= 11 is 3.21. The molecule has 0 spiro atoms. The fraction of sp³-hybridized carbons (Fsp3) is 0.0465. The number of aromatic nitrogens is 1. The van der Waals surface area contributed by atoms with Gasteiger partial charge in [0.1, 0.15) is 52.7 Å². The maximum atomic E-state index is 15.4. The van der Waals surface area contributed by atoms with Crippen LogP contribution in [0.15, 0.2) is 66.7 Å². The Kier molecular flexibility index (Phi) is 14.2. The number of nitrogens with zero attached hydrogens (tertiary/aromatic N) is 1. The third kappa shape index (κ3) is 7.92. The van der Waals surface area contributed by atoms with Crippen molar-refractivity contribution in [2.45, 2.75) is 6.54 Å². The Bertz CT molecular complexity index is 2860. The molecule has 6 aromatic carbocycles. The Morgan fingerprint density at radius 2 is 0.662 bits per heavy atom. The van der Waals surface area contributed by atoms with Crippen LogP contribution in [0.4, 0.5) is 87.8 Å². The minimum atomic E-state index is -7.22. The molecule has 0 amide bonds. The summed E-state index contributed by atoms with van der Waals surface area (Å²) < 4.78 is 296. The highest BCUT2D eigenvalue weighted by atomic mass is 79.9. The predicted octanol–water partition coefficient (Wildman–Crippen LogP) is 9.43. The van der Waals surface area contributed by atoms with Crippen molar-refractivity contribution in [3.05, 3.63) is 194 Å². The monoisotopic (exact) mass is 1050 g/mol. The molecule has 0 saturated heterocycles. The molecule has 0 N–H and O–H groups in total. The smallest absolute Gasteiger partial charge is 0.250 e. The molecule has 0 bridgehead atoms. The van der Waals surface area contributed by atoms with Gasteiger partial charge < -0.3 is 0 Å². The fourth-order valence-electron chi connectivity index (χ4n) is 7.48. The number of carbonyl (C=O) groups excluding carboxylic acids is 2. The van der Waals surface area contributed by atoms with E-state index in [1.165, 1.54) is 0 Å². The molecule has 0 atom stereocenters. The summed E-state index contributed by atoms with van der Waals surface area (Å²) in [5.41, 5.74) is -12.3. The lowest BCUT2D eigenvalue weighted by atomic mass is 9.12. The van der Waals surface area contributed by atoms with Crippen LogP contribution in [-0.2, 0) is 6.54 Å². The first kappa shape index (κ1) is 50.6. The van der Waals surface area contributed by atoms with Crippen molar-refractivity contribution in [1.82, 2.24) is 0 Å². The first-order valence-electron chi connectivity index (χ1n) is 18.2. The molecular formula is C43H15BBrF20NO2. The number of Topliss-reactive ketones (excluding diaryl/α,β-unsaturated/α-hetero) is 2. The number of para-hydroxylation sites is 1. The number of carbonyl (C=O) groups is 2. The number of pyridine rings is 1. The second-order valence-electron chi connectivity index (χ2n) is 14.0. The van der Waals surface area contributed by atoms with E-state index in [0.29, 0.717) is 11.3 Å². The Labute approximate surface area is 373 Å². The Morgan fingerprint density at radius 1 is 0.368 bits per heavy atom. The molecule has 7 rings (SSSR count). The normalized spacial score (nSPS) is 11.5. The largest absolute Gasteiger partial charge is 0.287 e. The zero-order valence-electron chi connectivity index (χ0n) is 32.5. The van der Waals surface area contributed by atoms with E-state index in [-0.39, 0.29) is 23.4 Å². The number of rotatable bonds is 9. The van der Waals surface area contributed by atoms with Crippen LogP contribution in [0.5, 0.6) is 0 Å². The highest BCUT2D eigenvalue weighted by Gasteiger charge is 2.52. The van der Waals surface area contributed by atoms with E-state index in [0.717, 1.165) is 10.9 Å². The second-order valence-corrected chi connectivity index (χ2v) is 14.6. The Balaban J connectivity index is 0.000000276. The van der Waals surface area contributed by atoms with Crippen molar-refractivity contribution in [3.63, 3.8) is 0 Å². The number of fused-ring (bicyclic) bond motifs is 1. The number of hydrogen-bond donors (Lipinski definition) is 0. The molecule has 1 aromatic heterocycles. The summed E-state index contributed by atoms with van der Waals surface area (Å²) in [6.45, 7) is 0.138.